The first-order valence-electron chi connectivity index (χ1n) is 5.16. The first kappa shape index (κ1) is 13.7. The lowest BCUT2D eigenvalue weighted by atomic mass is 10.3. The van der Waals surface area contributed by atoms with E-state index in [4.69, 9.17) is 0 Å². The van der Waals surface area contributed by atoms with E-state index in [9.17, 15) is 4.79 Å². The van der Waals surface area contributed by atoms with E-state index in [1.54, 1.807) is 11.3 Å². The van der Waals surface area contributed by atoms with E-state index < -0.39 is 0 Å². The van der Waals surface area contributed by atoms with Crippen LogP contribution < -0.4 is 5.32 Å². The van der Waals surface area contributed by atoms with Crippen molar-refractivity contribution in [1.29, 1.82) is 0 Å². The molecule has 0 saturated carbocycles. The number of rotatable bonds is 6. The molecule has 0 aromatic carbocycles. The molecule has 0 aliphatic rings. The Labute approximate surface area is 108 Å². The Hall–Kier alpha value is -0.390. The van der Waals surface area contributed by atoms with Crippen molar-refractivity contribution < 1.29 is 9.53 Å². The summed E-state index contributed by atoms with van der Waals surface area (Å²) in [6.45, 7) is 3.79. The second-order valence-corrected chi connectivity index (χ2v) is 5.67. The molecule has 0 spiro atoms. The summed E-state index contributed by atoms with van der Waals surface area (Å²) in [5.74, 6) is -0.142. The minimum absolute atomic E-state index is 0.142. The number of halogens is 1. The van der Waals surface area contributed by atoms with Crippen molar-refractivity contribution in [3.05, 3.63) is 20.3 Å². The van der Waals surface area contributed by atoms with Crippen LogP contribution in [-0.4, -0.2) is 19.6 Å². The minimum atomic E-state index is -0.142. The Morgan fingerprint density at radius 2 is 2.38 bits per heavy atom. The predicted octanol–water partition coefficient (Wildman–Crippen LogP) is 2.86. The van der Waals surface area contributed by atoms with Gasteiger partial charge in [0, 0.05) is 27.2 Å². The molecule has 0 aliphatic carbocycles. The average Bonchev–Trinajstić information content (AvgIpc) is 2.57. The molecule has 5 heteroatoms. The molecule has 0 aliphatic heterocycles. The van der Waals surface area contributed by atoms with E-state index >= 15 is 0 Å². The van der Waals surface area contributed by atoms with Gasteiger partial charge < -0.3 is 10.1 Å². The number of ether oxygens (including phenoxy) is 1. The van der Waals surface area contributed by atoms with Crippen LogP contribution in [0.2, 0.25) is 0 Å². The van der Waals surface area contributed by atoms with Crippen molar-refractivity contribution in [3.63, 3.8) is 0 Å². The van der Waals surface area contributed by atoms with Crippen molar-refractivity contribution in [1.82, 2.24) is 5.32 Å². The van der Waals surface area contributed by atoms with E-state index in [1.165, 1.54) is 21.3 Å². The van der Waals surface area contributed by atoms with Crippen molar-refractivity contribution in [2.75, 3.05) is 13.7 Å². The number of nitrogens with one attached hydrogen (secondary N) is 1. The van der Waals surface area contributed by atoms with Crippen LogP contribution in [0.4, 0.5) is 0 Å². The quantitative estimate of drug-likeness (QED) is 0.649. The van der Waals surface area contributed by atoms with Gasteiger partial charge in [-0.1, -0.05) is 0 Å². The van der Waals surface area contributed by atoms with E-state index in [0.717, 1.165) is 19.5 Å². The number of aryl methyl sites for hydroxylation is 1. The molecule has 3 nitrogen and oxygen atoms in total. The largest absolute Gasteiger partial charge is 0.469 e. The van der Waals surface area contributed by atoms with Crippen LogP contribution in [0.5, 0.6) is 0 Å². The topological polar surface area (TPSA) is 38.3 Å². The number of methoxy groups -OCH3 is 1. The Kier molecular flexibility index (Phi) is 6.01. The minimum Gasteiger partial charge on any atom is -0.469 e. The summed E-state index contributed by atoms with van der Waals surface area (Å²) in [5.41, 5.74) is 0. The van der Waals surface area contributed by atoms with Gasteiger partial charge in [-0.3, -0.25) is 4.79 Å². The standard InChI is InChI=1S/C11H16BrNO2S/c1-8-10(12)6-9(16-8)7-13-5-3-4-11(14)15-2/h6,13H,3-5,7H2,1-2H3. The Morgan fingerprint density at radius 3 is 2.94 bits per heavy atom. The smallest absolute Gasteiger partial charge is 0.305 e. The monoisotopic (exact) mass is 305 g/mol. The lowest BCUT2D eigenvalue weighted by Crippen LogP contribution is -2.15. The Bertz CT molecular complexity index is 332. The second-order valence-electron chi connectivity index (χ2n) is 3.47. The van der Waals surface area contributed by atoms with Crippen LogP contribution >= 0.6 is 27.3 Å². The number of esters is 1. The van der Waals surface area contributed by atoms with Crippen molar-refractivity contribution in [2.45, 2.75) is 26.3 Å². The lowest BCUT2D eigenvalue weighted by Gasteiger charge is -2.02. The zero-order valence-electron chi connectivity index (χ0n) is 9.51. The summed E-state index contributed by atoms with van der Waals surface area (Å²) in [4.78, 5) is 13.4. The molecule has 0 radical (unpaired) electrons. The van der Waals surface area contributed by atoms with Crippen LogP contribution in [0.15, 0.2) is 10.5 Å². The van der Waals surface area contributed by atoms with Crippen LogP contribution in [-0.2, 0) is 16.1 Å². The molecule has 0 atom stereocenters. The summed E-state index contributed by atoms with van der Waals surface area (Å²) in [6.07, 6.45) is 1.30. The molecule has 0 bridgehead atoms. The van der Waals surface area contributed by atoms with Gasteiger partial charge in [-0.25, -0.2) is 0 Å². The number of carbonyl (C=O) groups is 1. The van der Waals surface area contributed by atoms with Gasteiger partial charge in [0.2, 0.25) is 0 Å². The molecule has 16 heavy (non-hydrogen) atoms. The van der Waals surface area contributed by atoms with Gasteiger partial charge in [0.25, 0.3) is 0 Å². The molecule has 1 aromatic rings. The molecule has 0 amide bonds. The fourth-order valence-electron chi connectivity index (χ4n) is 1.28. The summed E-state index contributed by atoms with van der Waals surface area (Å²) in [5, 5.41) is 3.30. The van der Waals surface area contributed by atoms with Gasteiger partial charge in [-0.05, 0) is 41.9 Å². The molecule has 0 saturated heterocycles. The molecule has 1 heterocycles. The van der Waals surface area contributed by atoms with E-state index in [0.29, 0.717) is 6.42 Å². The van der Waals surface area contributed by atoms with Gasteiger partial charge in [0.15, 0.2) is 0 Å². The highest BCUT2D eigenvalue weighted by molar-refractivity contribution is 9.10. The molecule has 0 fully saturated rings. The van der Waals surface area contributed by atoms with Gasteiger partial charge >= 0.3 is 5.97 Å². The number of hydrogen-bond donors (Lipinski definition) is 1. The van der Waals surface area contributed by atoms with E-state index in [1.807, 2.05) is 0 Å². The third kappa shape index (κ3) is 4.63. The molecule has 1 N–H and O–H groups in total. The van der Waals surface area contributed by atoms with Gasteiger partial charge in [0.1, 0.15) is 0 Å². The first-order valence-corrected chi connectivity index (χ1v) is 6.76. The molecule has 1 aromatic heterocycles. The highest BCUT2D eigenvalue weighted by Gasteiger charge is 2.02. The third-order valence-corrected chi connectivity index (χ3v) is 4.31. The normalized spacial score (nSPS) is 10.4. The van der Waals surface area contributed by atoms with E-state index in [2.05, 4.69) is 39.0 Å². The van der Waals surface area contributed by atoms with Crippen LogP contribution in [0.25, 0.3) is 0 Å². The molecule has 90 valence electrons. The molecular formula is C11H16BrNO2S. The Balaban J connectivity index is 2.14. The maximum Gasteiger partial charge on any atom is 0.305 e. The van der Waals surface area contributed by atoms with Gasteiger partial charge in [-0.2, -0.15) is 0 Å². The van der Waals surface area contributed by atoms with Gasteiger partial charge in [0.05, 0.1) is 7.11 Å². The summed E-state index contributed by atoms with van der Waals surface area (Å²) < 4.78 is 5.73. The van der Waals surface area contributed by atoms with Crippen LogP contribution in [0.1, 0.15) is 22.6 Å². The molecular weight excluding hydrogens is 290 g/mol. The first-order chi connectivity index (χ1) is 7.63. The van der Waals surface area contributed by atoms with E-state index in [-0.39, 0.29) is 5.97 Å². The number of hydrogen-bond acceptors (Lipinski definition) is 4. The SMILES string of the molecule is COC(=O)CCCNCc1cc(Br)c(C)s1. The summed E-state index contributed by atoms with van der Waals surface area (Å²) >= 11 is 5.27. The number of carbonyl (C=O) groups excluding carboxylic acids is 1. The zero-order chi connectivity index (χ0) is 12.0. The molecule has 0 unspecified atom stereocenters. The van der Waals surface area contributed by atoms with Crippen molar-refractivity contribution in [2.24, 2.45) is 0 Å². The average molecular weight is 306 g/mol. The maximum atomic E-state index is 10.8. The lowest BCUT2D eigenvalue weighted by molar-refractivity contribution is -0.140. The van der Waals surface area contributed by atoms with Crippen molar-refractivity contribution >= 4 is 33.2 Å². The highest BCUT2D eigenvalue weighted by Crippen LogP contribution is 2.25. The predicted molar refractivity (Wildman–Crippen MR) is 69.7 cm³/mol. The van der Waals surface area contributed by atoms with Crippen LogP contribution in [0, 0.1) is 6.92 Å². The summed E-state index contributed by atoms with van der Waals surface area (Å²) in [7, 11) is 1.42. The fraction of sp³-hybridized carbons (Fsp3) is 0.545. The Morgan fingerprint density at radius 1 is 1.62 bits per heavy atom. The second kappa shape index (κ2) is 7.04. The zero-order valence-corrected chi connectivity index (χ0v) is 11.9. The van der Waals surface area contributed by atoms with Crippen LogP contribution in [0.3, 0.4) is 0 Å². The fourth-order valence-corrected chi connectivity index (χ4v) is 2.85. The molecule has 1 rings (SSSR count). The third-order valence-electron chi connectivity index (χ3n) is 2.17. The summed E-state index contributed by atoms with van der Waals surface area (Å²) in [6, 6.07) is 2.13. The number of thiophene rings is 1. The van der Waals surface area contributed by atoms with Gasteiger partial charge in [-0.15, -0.1) is 11.3 Å². The highest BCUT2D eigenvalue weighted by atomic mass is 79.9. The van der Waals surface area contributed by atoms with Crippen molar-refractivity contribution in [3.8, 4) is 0 Å². The maximum absolute atomic E-state index is 10.8.